The van der Waals surface area contributed by atoms with Crippen LogP contribution in [0.3, 0.4) is 0 Å². The molecule has 0 aliphatic rings. The summed E-state index contributed by atoms with van der Waals surface area (Å²) in [5.74, 6) is 0.421. The summed E-state index contributed by atoms with van der Waals surface area (Å²) >= 11 is 0. The predicted molar refractivity (Wildman–Crippen MR) is 39.1 cm³/mol. The second kappa shape index (κ2) is 6.34. The number of aliphatic hydroxyl groups is 1. The fraction of sp³-hybridized carbons (Fsp3) is 1.00. The molecule has 0 radical (unpaired) electrons. The maximum absolute atomic E-state index is 8.94. The topological polar surface area (TPSA) is 20.2 Å². The summed E-state index contributed by atoms with van der Waals surface area (Å²) in [4.78, 5) is 0. The molecule has 48 valence electrons. The Balaban J connectivity index is -0.0000000600. The van der Waals surface area contributed by atoms with Crippen molar-refractivity contribution < 1.29 is 7.96 Å². The summed E-state index contributed by atoms with van der Waals surface area (Å²) in [7, 11) is 0. The molecule has 0 bridgehead atoms. The number of aliphatic hydroxyl groups excluding tert-OH is 1. The molecule has 0 saturated carbocycles. The van der Waals surface area contributed by atoms with Gasteiger partial charge in [-0.25, -0.2) is 0 Å². The van der Waals surface area contributed by atoms with Crippen LogP contribution in [-0.4, -0.2) is 48.9 Å². The van der Waals surface area contributed by atoms with Crippen LogP contribution >= 0.6 is 0 Å². The van der Waals surface area contributed by atoms with Gasteiger partial charge in [-0.05, 0) is 12.3 Å². The SMILES string of the molecule is CCC(O)C(C)C.[Ca+2].[H-].[H-]. The van der Waals surface area contributed by atoms with E-state index in [-0.39, 0.29) is 46.7 Å². The Labute approximate surface area is 84.4 Å². The Morgan fingerprint density at radius 3 is 1.88 bits per heavy atom. The Bertz CT molecular complexity index is 53.0. The van der Waals surface area contributed by atoms with E-state index in [1.54, 1.807) is 0 Å². The number of rotatable bonds is 2. The Morgan fingerprint density at radius 2 is 1.88 bits per heavy atom. The van der Waals surface area contributed by atoms with E-state index in [9.17, 15) is 0 Å². The molecule has 0 aromatic heterocycles. The minimum absolute atomic E-state index is 0. The van der Waals surface area contributed by atoms with Gasteiger partial charge in [0.25, 0.3) is 0 Å². The van der Waals surface area contributed by atoms with Crippen LogP contribution in [0.1, 0.15) is 30.0 Å². The summed E-state index contributed by atoms with van der Waals surface area (Å²) in [5, 5.41) is 8.94. The van der Waals surface area contributed by atoms with E-state index in [1.165, 1.54) is 0 Å². The number of hydrogen-bond acceptors (Lipinski definition) is 1. The molecule has 0 aliphatic carbocycles. The van der Waals surface area contributed by atoms with Crippen molar-refractivity contribution >= 4 is 37.7 Å². The molecule has 0 aliphatic heterocycles. The van der Waals surface area contributed by atoms with E-state index in [4.69, 9.17) is 5.11 Å². The van der Waals surface area contributed by atoms with Gasteiger partial charge in [-0.1, -0.05) is 20.8 Å². The van der Waals surface area contributed by atoms with Gasteiger partial charge in [0.15, 0.2) is 0 Å². The molecule has 1 N–H and O–H groups in total. The first kappa shape index (κ1) is 12.0. The third-order valence-electron chi connectivity index (χ3n) is 1.19. The van der Waals surface area contributed by atoms with E-state index in [1.807, 2.05) is 20.8 Å². The van der Waals surface area contributed by atoms with Crippen LogP contribution in [0.4, 0.5) is 0 Å². The van der Waals surface area contributed by atoms with Gasteiger partial charge in [0.1, 0.15) is 0 Å². The smallest absolute Gasteiger partial charge is 1.00 e. The summed E-state index contributed by atoms with van der Waals surface area (Å²) in [6.07, 6.45) is 0.775. The first-order valence-corrected chi connectivity index (χ1v) is 2.86. The molecule has 0 aromatic rings. The largest absolute Gasteiger partial charge is 2.00 e. The van der Waals surface area contributed by atoms with Crippen molar-refractivity contribution in [2.45, 2.75) is 33.3 Å². The zero-order chi connectivity index (χ0) is 5.86. The van der Waals surface area contributed by atoms with Crippen LogP contribution in [0, 0.1) is 5.92 Å². The maximum Gasteiger partial charge on any atom is 2.00 e. The van der Waals surface area contributed by atoms with E-state index < -0.39 is 0 Å². The molecule has 1 nitrogen and oxygen atoms in total. The summed E-state index contributed by atoms with van der Waals surface area (Å²) in [6.45, 7) is 6.03. The zero-order valence-corrected chi connectivity index (χ0v) is 8.22. The second-order valence-electron chi connectivity index (χ2n) is 2.22. The normalized spacial score (nSPS) is 13.1. The third-order valence-corrected chi connectivity index (χ3v) is 1.19. The van der Waals surface area contributed by atoms with Gasteiger partial charge in [-0.3, -0.25) is 0 Å². The summed E-state index contributed by atoms with van der Waals surface area (Å²) in [6, 6.07) is 0. The van der Waals surface area contributed by atoms with E-state index >= 15 is 0 Å². The molecule has 1 atom stereocenters. The average Bonchev–Trinajstić information content (AvgIpc) is 1.65. The second-order valence-corrected chi connectivity index (χ2v) is 2.22. The molecule has 8 heavy (non-hydrogen) atoms. The first-order valence-electron chi connectivity index (χ1n) is 2.86. The molecule has 1 unspecified atom stereocenters. The van der Waals surface area contributed by atoms with Gasteiger partial charge in [0.2, 0.25) is 0 Å². The van der Waals surface area contributed by atoms with Gasteiger partial charge in [-0.15, -0.1) is 0 Å². The minimum Gasteiger partial charge on any atom is -1.00 e. The van der Waals surface area contributed by atoms with Gasteiger partial charge in [-0.2, -0.15) is 0 Å². The Kier molecular flexibility index (Phi) is 9.47. The molecule has 0 heterocycles. The van der Waals surface area contributed by atoms with Crippen LogP contribution in [0.25, 0.3) is 0 Å². The monoisotopic (exact) mass is 144 g/mol. The fourth-order valence-corrected chi connectivity index (χ4v) is 0.471. The first-order chi connectivity index (χ1) is 3.18. The molecular weight excluding hydrogens is 128 g/mol. The quantitative estimate of drug-likeness (QED) is 0.578. The van der Waals surface area contributed by atoms with Crippen LogP contribution in [-0.2, 0) is 0 Å². The molecule has 0 rings (SSSR count). The molecule has 2 heteroatoms. The molecule has 0 fully saturated rings. The van der Waals surface area contributed by atoms with Gasteiger partial charge < -0.3 is 7.96 Å². The Hall–Kier alpha value is 1.22. The van der Waals surface area contributed by atoms with Gasteiger partial charge in [0.05, 0.1) is 6.10 Å². The standard InChI is InChI=1S/C6H14O.Ca.2H/c1-4-6(7)5(2)3;;;/h5-7H,4H2,1-3H3;;;/q;+2;2*-1. The van der Waals surface area contributed by atoms with Crippen molar-refractivity contribution in [2.24, 2.45) is 5.92 Å². The van der Waals surface area contributed by atoms with Crippen molar-refractivity contribution in [3.63, 3.8) is 0 Å². The molecule has 0 spiro atoms. The van der Waals surface area contributed by atoms with Crippen LogP contribution in [0.5, 0.6) is 0 Å². The van der Waals surface area contributed by atoms with Crippen LogP contribution < -0.4 is 0 Å². The molecule has 0 aromatic carbocycles. The minimum atomic E-state index is -0.0972. The van der Waals surface area contributed by atoms with Gasteiger partial charge >= 0.3 is 37.7 Å². The van der Waals surface area contributed by atoms with Crippen molar-refractivity contribution in [1.29, 1.82) is 0 Å². The van der Waals surface area contributed by atoms with E-state index in [0.29, 0.717) is 5.92 Å². The van der Waals surface area contributed by atoms with Crippen molar-refractivity contribution in [3.05, 3.63) is 0 Å². The fourth-order valence-electron chi connectivity index (χ4n) is 0.471. The van der Waals surface area contributed by atoms with E-state index in [0.717, 1.165) is 6.42 Å². The van der Waals surface area contributed by atoms with Crippen LogP contribution in [0.15, 0.2) is 0 Å². The maximum atomic E-state index is 8.94. The summed E-state index contributed by atoms with van der Waals surface area (Å²) in [5.41, 5.74) is 0. The zero-order valence-electron chi connectivity index (χ0n) is 8.02. The van der Waals surface area contributed by atoms with Crippen LogP contribution in [0.2, 0.25) is 0 Å². The summed E-state index contributed by atoms with van der Waals surface area (Å²) < 4.78 is 0. The van der Waals surface area contributed by atoms with Crippen molar-refractivity contribution in [2.75, 3.05) is 0 Å². The molecule has 0 amide bonds. The van der Waals surface area contributed by atoms with Crippen molar-refractivity contribution in [3.8, 4) is 0 Å². The van der Waals surface area contributed by atoms with E-state index in [2.05, 4.69) is 0 Å². The third kappa shape index (κ3) is 5.36. The predicted octanol–water partition coefficient (Wildman–Crippen LogP) is 1.26. The number of hydrogen-bond donors (Lipinski definition) is 1. The van der Waals surface area contributed by atoms with Crippen molar-refractivity contribution in [1.82, 2.24) is 0 Å². The molecular formula is C6H16CaO. The van der Waals surface area contributed by atoms with Gasteiger partial charge in [0, 0.05) is 0 Å². The average molecular weight is 144 g/mol. The Morgan fingerprint density at radius 1 is 1.50 bits per heavy atom. The molecule has 0 saturated heterocycles.